The summed E-state index contributed by atoms with van der Waals surface area (Å²) < 4.78 is 12.6. The van der Waals surface area contributed by atoms with Crippen molar-refractivity contribution in [3.63, 3.8) is 0 Å². The van der Waals surface area contributed by atoms with E-state index in [2.05, 4.69) is 0 Å². The van der Waals surface area contributed by atoms with E-state index >= 15 is 0 Å². The van der Waals surface area contributed by atoms with Gasteiger partial charge < -0.3 is 5.73 Å². The zero-order valence-corrected chi connectivity index (χ0v) is 9.31. The van der Waals surface area contributed by atoms with E-state index in [0.29, 0.717) is 6.54 Å². The molecule has 0 aliphatic rings. The van der Waals surface area contributed by atoms with Gasteiger partial charge in [0, 0.05) is 0 Å². The van der Waals surface area contributed by atoms with Crippen molar-refractivity contribution in [3.05, 3.63) is 35.1 Å². The van der Waals surface area contributed by atoms with Crippen LogP contribution in [0.2, 0.25) is 0 Å². The van der Waals surface area contributed by atoms with Gasteiger partial charge in [0.1, 0.15) is 5.82 Å². The number of aryl methyl sites for hydroxylation is 2. The van der Waals surface area contributed by atoms with E-state index in [1.54, 1.807) is 6.07 Å². The molecular formula is C12H20FN. The van der Waals surface area contributed by atoms with Crippen molar-refractivity contribution in [2.45, 2.75) is 33.6 Å². The van der Waals surface area contributed by atoms with Crippen LogP contribution in [0.25, 0.3) is 0 Å². The molecule has 1 aromatic carbocycles. The molecule has 0 unspecified atom stereocenters. The highest BCUT2D eigenvalue weighted by molar-refractivity contribution is 5.26. The monoisotopic (exact) mass is 197 g/mol. The van der Waals surface area contributed by atoms with Gasteiger partial charge in [-0.15, -0.1) is 0 Å². The van der Waals surface area contributed by atoms with Gasteiger partial charge in [0.2, 0.25) is 0 Å². The molecule has 0 aliphatic carbocycles. The molecule has 0 heterocycles. The molecule has 0 aromatic heterocycles. The maximum atomic E-state index is 12.6. The van der Waals surface area contributed by atoms with Gasteiger partial charge in [-0.2, -0.15) is 0 Å². The summed E-state index contributed by atoms with van der Waals surface area (Å²) in [4.78, 5) is 0. The molecular weight excluding hydrogens is 177 g/mol. The van der Waals surface area contributed by atoms with Crippen LogP contribution >= 0.6 is 0 Å². The molecule has 0 radical (unpaired) electrons. The van der Waals surface area contributed by atoms with Crippen LogP contribution in [0, 0.1) is 12.7 Å². The maximum absolute atomic E-state index is 12.6. The van der Waals surface area contributed by atoms with Gasteiger partial charge >= 0.3 is 0 Å². The Bertz CT molecular complexity index is 258. The minimum Gasteiger partial charge on any atom is -0.330 e. The zero-order chi connectivity index (χ0) is 11.0. The Labute approximate surface area is 86.1 Å². The van der Waals surface area contributed by atoms with Gasteiger partial charge in [-0.05, 0) is 49.6 Å². The SMILES string of the molecule is CC.Cc1cc(F)ccc1CCCN. The summed E-state index contributed by atoms with van der Waals surface area (Å²) in [6.07, 6.45) is 1.91. The summed E-state index contributed by atoms with van der Waals surface area (Å²) in [5, 5.41) is 0. The number of hydrogen-bond donors (Lipinski definition) is 1. The first-order chi connectivity index (χ1) is 6.74. The molecule has 80 valence electrons. The number of halogens is 1. The van der Waals surface area contributed by atoms with E-state index in [1.165, 1.54) is 11.6 Å². The smallest absolute Gasteiger partial charge is 0.123 e. The van der Waals surface area contributed by atoms with Crippen LogP contribution in [0.1, 0.15) is 31.4 Å². The standard InChI is InChI=1S/C10H14FN.C2H6/c1-8-7-10(11)5-4-9(8)3-2-6-12;1-2/h4-5,7H,2-3,6,12H2,1H3;1-2H3. The van der Waals surface area contributed by atoms with Crippen LogP contribution in [0.15, 0.2) is 18.2 Å². The van der Waals surface area contributed by atoms with E-state index in [-0.39, 0.29) is 5.82 Å². The van der Waals surface area contributed by atoms with E-state index in [9.17, 15) is 4.39 Å². The fourth-order valence-corrected chi connectivity index (χ4v) is 1.23. The molecule has 0 atom stereocenters. The second-order valence-corrected chi connectivity index (χ2v) is 2.96. The summed E-state index contributed by atoms with van der Waals surface area (Å²) in [5.74, 6) is -0.163. The van der Waals surface area contributed by atoms with Gasteiger partial charge in [-0.25, -0.2) is 4.39 Å². The number of benzene rings is 1. The van der Waals surface area contributed by atoms with E-state index in [0.717, 1.165) is 18.4 Å². The molecule has 0 bridgehead atoms. The van der Waals surface area contributed by atoms with Crippen LogP contribution in [0.5, 0.6) is 0 Å². The predicted octanol–water partition coefficient (Wildman–Crippen LogP) is 3.05. The second kappa shape index (κ2) is 7.51. The second-order valence-electron chi connectivity index (χ2n) is 2.96. The first-order valence-electron chi connectivity index (χ1n) is 5.19. The molecule has 0 saturated carbocycles. The Morgan fingerprint density at radius 2 is 1.93 bits per heavy atom. The van der Waals surface area contributed by atoms with Crippen molar-refractivity contribution >= 4 is 0 Å². The molecule has 1 rings (SSSR count). The lowest BCUT2D eigenvalue weighted by atomic mass is 10.0. The Kier molecular flexibility index (Phi) is 7.03. The zero-order valence-electron chi connectivity index (χ0n) is 9.31. The van der Waals surface area contributed by atoms with Crippen molar-refractivity contribution in [1.82, 2.24) is 0 Å². The Morgan fingerprint density at radius 3 is 2.43 bits per heavy atom. The average molecular weight is 197 g/mol. The van der Waals surface area contributed by atoms with Crippen LogP contribution < -0.4 is 5.73 Å². The minimum atomic E-state index is -0.163. The average Bonchev–Trinajstić information content (AvgIpc) is 2.20. The third-order valence-corrected chi connectivity index (χ3v) is 1.95. The summed E-state index contributed by atoms with van der Waals surface area (Å²) in [5.41, 5.74) is 7.60. The molecule has 1 nitrogen and oxygen atoms in total. The Hall–Kier alpha value is -0.890. The van der Waals surface area contributed by atoms with Crippen LogP contribution in [0.4, 0.5) is 4.39 Å². The summed E-state index contributed by atoms with van der Waals surface area (Å²) >= 11 is 0. The summed E-state index contributed by atoms with van der Waals surface area (Å²) in [6, 6.07) is 4.89. The largest absolute Gasteiger partial charge is 0.330 e. The van der Waals surface area contributed by atoms with E-state index in [1.807, 2.05) is 26.8 Å². The highest BCUT2D eigenvalue weighted by Crippen LogP contribution is 2.11. The van der Waals surface area contributed by atoms with Crippen molar-refractivity contribution in [2.75, 3.05) is 6.54 Å². The lowest BCUT2D eigenvalue weighted by Crippen LogP contribution is -2.01. The van der Waals surface area contributed by atoms with Gasteiger partial charge in [0.15, 0.2) is 0 Å². The Balaban J connectivity index is 0.000000791. The molecule has 2 N–H and O–H groups in total. The third kappa shape index (κ3) is 4.38. The molecule has 0 fully saturated rings. The van der Waals surface area contributed by atoms with Gasteiger partial charge in [0.05, 0.1) is 0 Å². The molecule has 2 heteroatoms. The van der Waals surface area contributed by atoms with Crippen molar-refractivity contribution < 1.29 is 4.39 Å². The topological polar surface area (TPSA) is 26.0 Å². The predicted molar refractivity (Wildman–Crippen MR) is 59.9 cm³/mol. The summed E-state index contributed by atoms with van der Waals surface area (Å²) in [6.45, 7) is 6.62. The number of hydrogen-bond acceptors (Lipinski definition) is 1. The third-order valence-electron chi connectivity index (χ3n) is 1.95. The van der Waals surface area contributed by atoms with Gasteiger partial charge in [-0.3, -0.25) is 0 Å². The highest BCUT2D eigenvalue weighted by Gasteiger charge is 1.98. The first-order valence-corrected chi connectivity index (χ1v) is 5.19. The lowest BCUT2D eigenvalue weighted by molar-refractivity contribution is 0.625. The number of nitrogens with two attached hydrogens (primary N) is 1. The lowest BCUT2D eigenvalue weighted by Gasteiger charge is -2.03. The first kappa shape index (κ1) is 13.1. The van der Waals surface area contributed by atoms with Crippen molar-refractivity contribution in [3.8, 4) is 0 Å². The number of rotatable bonds is 3. The molecule has 0 saturated heterocycles. The highest BCUT2D eigenvalue weighted by atomic mass is 19.1. The fourth-order valence-electron chi connectivity index (χ4n) is 1.23. The van der Waals surface area contributed by atoms with Crippen molar-refractivity contribution in [1.29, 1.82) is 0 Å². The van der Waals surface area contributed by atoms with Gasteiger partial charge in [0.25, 0.3) is 0 Å². The summed E-state index contributed by atoms with van der Waals surface area (Å²) in [7, 11) is 0. The van der Waals surface area contributed by atoms with Crippen LogP contribution in [-0.4, -0.2) is 6.54 Å². The molecule has 0 spiro atoms. The molecule has 1 aromatic rings. The van der Waals surface area contributed by atoms with E-state index < -0.39 is 0 Å². The van der Waals surface area contributed by atoms with Crippen LogP contribution in [0.3, 0.4) is 0 Å². The quantitative estimate of drug-likeness (QED) is 0.791. The van der Waals surface area contributed by atoms with E-state index in [4.69, 9.17) is 5.73 Å². The maximum Gasteiger partial charge on any atom is 0.123 e. The Morgan fingerprint density at radius 1 is 1.29 bits per heavy atom. The minimum absolute atomic E-state index is 0.163. The van der Waals surface area contributed by atoms with Crippen molar-refractivity contribution in [2.24, 2.45) is 5.73 Å². The van der Waals surface area contributed by atoms with Crippen LogP contribution in [-0.2, 0) is 6.42 Å². The van der Waals surface area contributed by atoms with Gasteiger partial charge in [-0.1, -0.05) is 19.9 Å². The molecule has 0 amide bonds. The molecule has 0 aliphatic heterocycles. The molecule has 14 heavy (non-hydrogen) atoms. The fraction of sp³-hybridized carbons (Fsp3) is 0.500. The normalized spacial score (nSPS) is 9.21.